The quantitative estimate of drug-likeness (QED) is 0.769. The molecule has 0 saturated carbocycles. The van der Waals surface area contributed by atoms with E-state index < -0.39 is 12.0 Å². The lowest BCUT2D eigenvalue weighted by Crippen LogP contribution is -2.36. The number of nitrogens with zero attached hydrogens (tertiary/aromatic N) is 1. The van der Waals surface area contributed by atoms with Gasteiger partial charge in [0.1, 0.15) is 6.04 Å². The maximum Gasteiger partial charge on any atom is 0.320 e. The zero-order chi connectivity index (χ0) is 12.0. The van der Waals surface area contributed by atoms with Gasteiger partial charge in [-0.2, -0.15) is 0 Å². The van der Waals surface area contributed by atoms with Gasteiger partial charge in [-0.25, -0.2) is 0 Å². The zero-order valence-corrected chi connectivity index (χ0v) is 9.73. The number of rotatable bonds is 6. The molecule has 0 radical (unpaired) electrons. The maximum atomic E-state index is 10.9. The first-order chi connectivity index (χ1) is 7.63. The summed E-state index contributed by atoms with van der Waals surface area (Å²) in [7, 11) is 0. The van der Waals surface area contributed by atoms with Gasteiger partial charge in [-0.3, -0.25) is 15.1 Å². The van der Waals surface area contributed by atoms with Gasteiger partial charge in [-0.05, 0) is 25.5 Å². The van der Waals surface area contributed by atoms with Crippen LogP contribution in [0.2, 0.25) is 0 Å². The van der Waals surface area contributed by atoms with E-state index in [2.05, 4.69) is 10.3 Å². The van der Waals surface area contributed by atoms with Gasteiger partial charge in [0.15, 0.2) is 0 Å². The van der Waals surface area contributed by atoms with Gasteiger partial charge in [-0.1, -0.05) is 19.4 Å². The van der Waals surface area contributed by atoms with E-state index in [1.165, 1.54) is 0 Å². The molecule has 1 heterocycles. The van der Waals surface area contributed by atoms with Gasteiger partial charge in [0.05, 0.1) is 5.69 Å². The average molecular weight is 222 g/mol. The third kappa shape index (κ3) is 3.98. The summed E-state index contributed by atoms with van der Waals surface area (Å²) in [5.74, 6) is -0.797. The van der Waals surface area contributed by atoms with Crippen molar-refractivity contribution < 1.29 is 9.90 Å². The van der Waals surface area contributed by atoms with Crippen LogP contribution in [0.5, 0.6) is 0 Å². The molecular weight excluding hydrogens is 204 g/mol. The standard InChI is InChI=1S/C12H18N2O2/c1-3-5-11(12(15)16)13-8-10-7-4-6-9(2)14-10/h4,6-7,11,13H,3,5,8H2,1-2H3,(H,15,16). The normalized spacial score (nSPS) is 12.4. The predicted molar refractivity (Wildman–Crippen MR) is 62.1 cm³/mol. The Kier molecular flexibility index (Phi) is 4.92. The van der Waals surface area contributed by atoms with E-state index >= 15 is 0 Å². The van der Waals surface area contributed by atoms with Crippen molar-refractivity contribution in [2.24, 2.45) is 0 Å². The molecule has 1 atom stereocenters. The summed E-state index contributed by atoms with van der Waals surface area (Å²) in [5.41, 5.74) is 1.82. The third-order valence-corrected chi connectivity index (χ3v) is 2.35. The SMILES string of the molecule is CCCC(NCc1cccc(C)n1)C(=O)O. The number of aromatic nitrogens is 1. The minimum Gasteiger partial charge on any atom is -0.480 e. The van der Waals surface area contributed by atoms with Crippen molar-refractivity contribution >= 4 is 5.97 Å². The van der Waals surface area contributed by atoms with Crippen LogP contribution in [-0.2, 0) is 11.3 Å². The van der Waals surface area contributed by atoms with Crippen LogP contribution in [0, 0.1) is 6.92 Å². The van der Waals surface area contributed by atoms with Gasteiger partial charge in [0.2, 0.25) is 0 Å². The summed E-state index contributed by atoms with van der Waals surface area (Å²) < 4.78 is 0. The molecule has 0 saturated heterocycles. The smallest absolute Gasteiger partial charge is 0.320 e. The highest BCUT2D eigenvalue weighted by atomic mass is 16.4. The van der Waals surface area contributed by atoms with Crippen LogP contribution in [0.3, 0.4) is 0 Å². The van der Waals surface area contributed by atoms with Crippen LogP contribution < -0.4 is 5.32 Å². The number of hydrogen-bond acceptors (Lipinski definition) is 3. The molecule has 0 aliphatic heterocycles. The number of pyridine rings is 1. The molecule has 16 heavy (non-hydrogen) atoms. The molecule has 2 N–H and O–H groups in total. The second-order valence-electron chi connectivity index (χ2n) is 3.83. The lowest BCUT2D eigenvalue weighted by atomic mass is 10.1. The van der Waals surface area contributed by atoms with Crippen molar-refractivity contribution in [3.63, 3.8) is 0 Å². The molecule has 0 amide bonds. The highest BCUT2D eigenvalue weighted by Crippen LogP contribution is 2.01. The Labute approximate surface area is 95.7 Å². The second kappa shape index (κ2) is 6.23. The molecule has 0 fully saturated rings. The van der Waals surface area contributed by atoms with E-state index in [9.17, 15) is 4.79 Å². The third-order valence-electron chi connectivity index (χ3n) is 2.35. The van der Waals surface area contributed by atoms with Crippen molar-refractivity contribution in [2.45, 2.75) is 39.3 Å². The molecule has 4 nitrogen and oxygen atoms in total. The summed E-state index contributed by atoms with van der Waals surface area (Å²) in [6.45, 7) is 4.39. The molecule has 0 aromatic carbocycles. The molecule has 1 rings (SSSR count). The van der Waals surface area contributed by atoms with Gasteiger partial charge in [-0.15, -0.1) is 0 Å². The Morgan fingerprint density at radius 3 is 2.88 bits per heavy atom. The van der Waals surface area contributed by atoms with Crippen molar-refractivity contribution in [1.29, 1.82) is 0 Å². The number of carboxylic acid groups (broad SMARTS) is 1. The van der Waals surface area contributed by atoms with Gasteiger partial charge in [0.25, 0.3) is 0 Å². The molecule has 1 aromatic heterocycles. The Bertz CT molecular complexity index is 353. The van der Waals surface area contributed by atoms with E-state index in [0.29, 0.717) is 13.0 Å². The fourth-order valence-corrected chi connectivity index (χ4v) is 1.53. The summed E-state index contributed by atoms with van der Waals surface area (Å²) >= 11 is 0. The van der Waals surface area contributed by atoms with Crippen LogP contribution in [0.4, 0.5) is 0 Å². The Morgan fingerprint density at radius 2 is 2.31 bits per heavy atom. The lowest BCUT2D eigenvalue weighted by molar-refractivity contribution is -0.139. The molecular formula is C12H18N2O2. The first kappa shape index (κ1) is 12.6. The largest absolute Gasteiger partial charge is 0.480 e. The van der Waals surface area contributed by atoms with Gasteiger partial charge in [0, 0.05) is 12.2 Å². The summed E-state index contributed by atoms with van der Waals surface area (Å²) in [5, 5.41) is 12.0. The van der Waals surface area contributed by atoms with Crippen LogP contribution in [-0.4, -0.2) is 22.1 Å². The van der Waals surface area contributed by atoms with Crippen molar-refractivity contribution in [3.05, 3.63) is 29.6 Å². The van der Waals surface area contributed by atoms with Crippen molar-refractivity contribution in [3.8, 4) is 0 Å². The Morgan fingerprint density at radius 1 is 1.56 bits per heavy atom. The van der Waals surface area contributed by atoms with Crippen LogP contribution >= 0.6 is 0 Å². The molecule has 0 aliphatic rings. The molecule has 4 heteroatoms. The number of carbonyl (C=O) groups is 1. The molecule has 0 aliphatic carbocycles. The Hall–Kier alpha value is -1.42. The first-order valence-corrected chi connectivity index (χ1v) is 5.52. The van der Waals surface area contributed by atoms with E-state index in [4.69, 9.17) is 5.11 Å². The van der Waals surface area contributed by atoms with E-state index in [1.807, 2.05) is 32.0 Å². The van der Waals surface area contributed by atoms with Gasteiger partial charge < -0.3 is 5.11 Å². The number of aryl methyl sites for hydroxylation is 1. The van der Waals surface area contributed by atoms with E-state index in [0.717, 1.165) is 17.8 Å². The van der Waals surface area contributed by atoms with Crippen LogP contribution in [0.1, 0.15) is 31.2 Å². The second-order valence-corrected chi connectivity index (χ2v) is 3.83. The van der Waals surface area contributed by atoms with Crippen LogP contribution in [0.25, 0.3) is 0 Å². The molecule has 88 valence electrons. The summed E-state index contributed by atoms with van der Waals surface area (Å²) in [4.78, 5) is 15.2. The monoisotopic (exact) mass is 222 g/mol. The van der Waals surface area contributed by atoms with E-state index in [1.54, 1.807) is 0 Å². The maximum absolute atomic E-state index is 10.9. The molecule has 0 spiro atoms. The van der Waals surface area contributed by atoms with Crippen LogP contribution in [0.15, 0.2) is 18.2 Å². The lowest BCUT2D eigenvalue weighted by Gasteiger charge is -2.13. The zero-order valence-electron chi connectivity index (χ0n) is 9.73. The van der Waals surface area contributed by atoms with Crippen molar-refractivity contribution in [1.82, 2.24) is 10.3 Å². The van der Waals surface area contributed by atoms with E-state index in [-0.39, 0.29) is 0 Å². The minimum atomic E-state index is -0.797. The molecule has 1 unspecified atom stereocenters. The number of carboxylic acids is 1. The predicted octanol–water partition coefficient (Wildman–Crippen LogP) is 1.73. The molecule has 0 bridgehead atoms. The summed E-state index contributed by atoms with van der Waals surface area (Å²) in [6.07, 6.45) is 1.49. The van der Waals surface area contributed by atoms with Gasteiger partial charge >= 0.3 is 5.97 Å². The highest BCUT2D eigenvalue weighted by molar-refractivity contribution is 5.73. The fourth-order valence-electron chi connectivity index (χ4n) is 1.53. The number of hydrogen-bond donors (Lipinski definition) is 2. The minimum absolute atomic E-state index is 0.479. The fraction of sp³-hybridized carbons (Fsp3) is 0.500. The first-order valence-electron chi connectivity index (χ1n) is 5.52. The summed E-state index contributed by atoms with van der Waals surface area (Å²) in [6, 6.07) is 5.26. The number of nitrogens with one attached hydrogen (secondary N) is 1. The Balaban J connectivity index is 2.51. The molecule has 1 aromatic rings. The highest BCUT2D eigenvalue weighted by Gasteiger charge is 2.15. The topological polar surface area (TPSA) is 62.2 Å². The average Bonchev–Trinajstić information content (AvgIpc) is 2.24. The van der Waals surface area contributed by atoms with Crippen molar-refractivity contribution in [2.75, 3.05) is 0 Å². The number of aliphatic carboxylic acids is 1.